The van der Waals surface area contributed by atoms with E-state index in [1.165, 1.54) is 225 Å². The van der Waals surface area contributed by atoms with Crippen LogP contribution in [0.3, 0.4) is 0 Å². The molecule has 576 valence electrons. The molecule has 0 aliphatic heterocycles. The highest BCUT2D eigenvalue weighted by Crippen LogP contribution is 2.45. The van der Waals surface area contributed by atoms with Crippen LogP contribution < -0.4 is 0 Å². The van der Waals surface area contributed by atoms with Gasteiger partial charge < -0.3 is 33.8 Å². The van der Waals surface area contributed by atoms with E-state index in [9.17, 15) is 43.2 Å². The second kappa shape index (κ2) is 69.8. The zero-order valence-corrected chi connectivity index (χ0v) is 65.2. The van der Waals surface area contributed by atoms with Crippen LogP contribution in [0.25, 0.3) is 0 Å². The topological polar surface area (TPSA) is 237 Å². The van der Waals surface area contributed by atoms with Crippen molar-refractivity contribution in [3.63, 3.8) is 0 Å². The minimum atomic E-state index is -4.96. The van der Waals surface area contributed by atoms with Gasteiger partial charge in [-0.25, -0.2) is 9.13 Å². The van der Waals surface area contributed by atoms with Gasteiger partial charge in [-0.05, 0) is 37.5 Å². The molecule has 0 aromatic rings. The van der Waals surface area contributed by atoms with Gasteiger partial charge in [-0.2, -0.15) is 0 Å². The van der Waals surface area contributed by atoms with Crippen molar-refractivity contribution in [3.05, 3.63) is 0 Å². The smallest absolute Gasteiger partial charge is 0.462 e. The maximum atomic E-state index is 13.1. The summed E-state index contributed by atoms with van der Waals surface area (Å²) in [5, 5.41) is 10.6. The van der Waals surface area contributed by atoms with Crippen molar-refractivity contribution in [3.8, 4) is 0 Å². The van der Waals surface area contributed by atoms with Crippen LogP contribution in [0.1, 0.15) is 408 Å². The highest BCUT2D eigenvalue weighted by atomic mass is 31.2. The fourth-order valence-corrected chi connectivity index (χ4v) is 13.6. The summed E-state index contributed by atoms with van der Waals surface area (Å²) in [6.07, 6.45) is 58.3. The second-order valence-corrected chi connectivity index (χ2v) is 32.0. The van der Waals surface area contributed by atoms with E-state index in [4.69, 9.17) is 37.0 Å². The van der Waals surface area contributed by atoms with E-state index in [1.54, 1.807) is 0 Å². The third kappa shape index (κ3) is 72.2. The predicted molar refractivity (Wildman–Crippen MR) is 395 cm³/mol. The molecule has 0 amide bonds. The fourth-order valence-electron chi connectivity index (χ4n) is 12.0. The molecule has 17 nitrogen and oxygen atoms in total. The van der Waals surface area contributed by atoms with Gasteiger partial charge in [0.15, 0.2) is 12.2 Å². The Balaban J connectivity index is 5.23. The number of aliphatic hydroxyl groups excluding tert-OH is 1. The molecule has 0 heterocycles. The summed E-state index contributed by atoms with van der Waals surface area (Å²) in [7, 11) is -9.91. The van der Waals surface area contributed by atoms with Gasteiger partial charge in [0.1, 0.15) is 19.3 Å². The van der Waals surface area contributed by atoms with Gasteiger partial charge in [0.25, 0.3) is 0 Å². The number of ether oxygens (including phenoxy) is 4. The molecule has 3 N–H and O–H groups in total. The van der Waals surface area contributed by atoms with Gasteiger partial charge >= 0.3 is 39.5 Å². The molecule has 0 radical (unpaired) electrons. The Bertz CT molecular complexity index is 1870. The normalized spacial score (nSPS) is 14.0. The largest absolute Gasteiger partial charge is 0.472 e. The molecule has 97 heavy (non-hydrogen) atoms. The number of phosphoric ester groups is 2. The van der Waals surface area contributed by atoms with Gasteiger partial charge in [-0.3, -0.25) is 37.3 Å². The van der Waals surface area contributed by atoms with Crippen LogP contribution >= 0.6 is 15.6 Å². The maximum Gasteiger partial charge on any atom is 0.472 e. The molecule has 5 atom stereocenters. The van der Waals surface area contributed by atoms with Crippen LogP contribution in [-0.4, -0.2) is 96.7 Å². The molecule has 0 saturated heterocycles. The number of carbonyl (C=O) groups is 4. The quantitative estimate of drug-likeness (QED) is 0.0222. The SMILES string of the molecule is CCCCCCCCCCCCCCCCCCCC(=O)OC[C@H](COP(=O)(O)OC[C@@H](O)COP(=O)(O)OC[C@@H](COC(=O)CCCCCCCCCCCCC)OC(=O)CCCCCCCCCCC(C)C)OC(=O)CCCCCCCCCCCCCCCCCC(C)C. The summed E-state index contributed by atoms with van der Waals surface area (Å²) in [4.78, 5) is 72.9. The van der Waals surface area contributed by atoms with Crippen molar-refractivity contribution in [1.29, 1.82) is 0 Å². The Labute approximate surface area is 594 Å². The van der Waals surface area contributed by atoms with Gasteiger partial charge in [-0.15, -0.1) is 0 Å². The summed E-state index contributed by atoms with van der Waals surface area (Å²) in [5.74, 6) is -0.592. The average molecular weight is 1420 g/mol. The Morgan fingerprint density at radius 3 is 0.701 bits per heavy atom. The van der Waals surface area contributed by atoms with Crippen LogP contribution in [0.5, 0.6) is 0 Å². The van der Waals surface area contributed by atoms with E-state index in [0.717, 1.165) is 102 Å². The van der Waals surface area contributed by atoms with Gasteiger partial charge in [-0.1, -0.05) is 356 Å². The molecule has 0 bridgehead atoms. The van der Waals surface area contributed by atoms with Crippen LogP contribution in [0.2, 0.25) is 0 Å². The summed E-state index contributed by atoms with van der Waals surface area (Å²) in [6, 6.07) is 0. The number of hydrogen-bond donors (Lipinski definition) is 3. The van der Waals surface area contributed by atoms with E-state index in [1.807, 2.05) is 0 Å². The lowest BCUT2D eigenvalue weighted by Crippen LogP contribution is -2.30. The Kier molecular flexibility index (Phi) is 68.4. The molecule has 0 saturated carbocycles. The zero-order valence-electron chi connectivity index (χ0n) is 63.4. The second-order valence-electron chi connectivity index (χ2n) is 29.1. The molecule has 0 aliphatic rings. The number of aliphatic hydroxyl groups is 1. The van der Waals surface area contributed by atoms with Gasteiger partial charge in [0, 0.05) is 25.7 Å². The van der Waals surface area contributed by atoms with Crippen LogP contribution in [0.4, 0.5) is 0 Å². The Morgan fingerprint density at radius 2 is 0.474 bits per heavy atom. The van der Waals surface area contributed by atoms with Gasteiger partial charge in [0.2, 0.25) is 0 Å². The standard InChI is InChI=1S/C78H152O17P2/c1-7-9-11-13-15-17-19-20-21-22-25-28-32-36-43-49-55-61-76(81)89-66-73(94-77(82)62-56-50-44-37-33-29-26-23-24-27-31-34-40-46-52-58-70(3)4)68-92-96(84,85)90-64-72(79)65-91-97(86,87)93-69-74(95-78(83)63-57-51-45-39-38-41-47-53-59-71(5)6)67-88-75(80)60-54-48-42-35-30-18-16-14-12-10-8-2/h70-74,79H,7-69H2,1-6H3,(H,84,85)(H,86,87)/t72-,73-,74-/m1/s1. The monoisotopic (exact) mass is 1420 g/mol. The van der Waals surface area contributed by atoms with Crippen LogP contribution in [0.15, 0.2) is 0 Å². The highest BCUT2D eigenvalue weighted by Gasteiger charge is 2.30. The Hall–Kier alpha value is -1.94. The third-order valence-corrected chi connectivity index (χ3v) is 20.1. The van der Waals surface area contributed by atoms with Crippen molar-refractivity contribution in [2.24, 2.45) is 11.8 Å². The summed E-state index contributed by atoms with van der Waals surface area (Å²) in [5.41, 5.74) is 0. The number of carbonyl (C=O) groups excluding carboxylic acids is 4. The maximum absolute atomic E-state index is 13.1. The number of unbranched alkanes of at least 4 members (excludes halogenated alkanes) is 47. The lowest BCUT2D eigenvalue weighted by Gasteiger charge is -2.21. The Morgan fingerprint density at radius 1 is 0.278 bits per heavy atom. The first-order valence-electron chi connectivity index (χ1n) is 40.5. The van der Waals surface area contributed by atoms with E-state index < -0.39 is 97.5 Å². The lowest BCUT2D eigenvalue weighted by atomic mass is 10.0. The third-order valence-electron chi connectivity index (χ3n) is 18.2. The first-order chi connectivity index (χ1) is 46.9. The predicted octanol–water partition coefficient (Wildman–Crippen LogP) is 23.1. The van der Waals surface area contributed by atoms with Gasteiger partial charge in [0.05, 0.1) is 26.4 Å². The van der Waals surface area contributed by atoms with Crippen LogP contribution in [0, 0.1) is 11.8 Å². The van der Waals surface area contributed by atoms with Crippen molar-refractivity contribution >= 4 is 39.5 Å². The molecule has 0 rings (SSSR count). The molecule has 0 spiro atoms. The number of phosphoric acid groups is 2. The first kappa shape index (κ1) is 95.1. The van der Waals surface area contributed by atoms with E-state index in [0.29, 0.717) is 25.7 Å². The summed E-state index contributed by atoms with van der Waals surface area (Å²) >= 11 is 0. The minimum Gasteiger partial charge on any atom is -0.462 e. The summed E-state index contributed by atoms with van der Waals surface area (Å²) < 4.78 is 68.6. The molecule has 2 unspecified atom stereocenters. The van der Waals surface area contributed by atoms with Crippen molar-refractivity contribution < 1.29 is 80.2 Å². The van der Waals surface area contributed by atoms with Crippen LogP contribution in [-0.2, 0) is 65.4 Å². The number of hydrogen-bond acceptors (Lipinski definition) is 15. The average Bonchev–Trinajstić information content (AvgIpc) is 1.29. The first-order valence-corrected chi connectivity index (χ1v) is 43.5. The zero-order chi connectivity index (χ0) is 71.4. The molecule has 0 aliphatic carbocycles. The molecular weight excluding hydrogens is 1270 g/mol. The van der Waals surface area contributed by atoms with Crippen molar-refractivity contribution in [2.45, 2.75) is 426 Å². The lowest BCUT2D eigenvalue weighted by molar-refractivity contribution is -0.161. The minimum absolute atomic E-state index is 0.105. The van der Waals surface area contributed by atoms with Crippen molar-refractivity contribution in [1.82, 2.24) is 0 Å². The fraction of sp³-hybridized carbons (Fsp3) is 0.949. The number of esters is 4. The highest BCUT2D eigenvalue weighted by molar-refractivity contribution is 7.47. The van der Waals surface area contributed by atoms with E-state index in [2.05, 4.69) is 41.5 Å². The van der Waals surface area contributed by atoms with Crippen molar-refractivity contribution in [2.75, 3.05) is 39.6 Å². The molecule has 0 aromatic carbocycles. The molecular formula is C78H152O17P2. The molecule has 0 fully saturated rings. The number of rotatable bonds is 77. The van der Waals surface area contributed by atoms with E-state index in [-0.39, 0.29) is 25.7 Å². The summed E-state index contributed by atoms with van der Waals surface area (Å²) in [6.45, 7) is 9.60. The van der Waals surface area contributed by atoms with E-state index >= 15 is 0 Å². The molecule has 19 heteroatoms. The molecule has 0 aromatic heterocycles.